The minimum Gasteiger partial charge on any atom is -0.330 e. The molecule has 2 N–H and O–H groups in total. The van der Waals surface area contributed by atoms with E-state index in [0.717, 1.165) is 13.0 Å². The van der Waals surface area contributed by atoms with Gasteiger partial charge in [0.25, 0.3) is 0 Å². The van der Waals surface area contributed by atoms with Gasteiger partial charge in [0.2, 0.25) is 0 Å². The van der Waals surface area contributed by atoms with E-state index in [-0.39, 0.29) is 0 Å². The van der Waals surface area contributed by atoms with Crippen LogP contribution < -0.4 is 5.73 Å². The third kappa shape index (κ3) is 3.39. The molecule has 0 unspecified atom stereocenters. The third-order valence-corrected chi connectivity index (χ3v) is 5.25. The molecule has 1 nitrogen and oxygen atoms in total. The molecule has 106 valence electrons. The Morgan fingerprint density at radius 2 is 1.63 bits per heavy atom. The number of nitrogens with two attached hydrogens (primary N) is 1. The van der Waals surface area contributed by atoms with Crippen molar-refractivity contribution >= 4 is 0 Å². The highest BCUT2D eigenvalue weighted by molar-refractivity contribution is 5.30. The van der Waals surface area contributed by atoms with Crippen molar-refractivity contribution < 1.29 is 0 Å². The van der Waals surface area contributed by atoms with Crippen LogP contribution in [-0.4, -0.2) is 6.54 Å². The fourth-order valence-corrected chi connectivity index (χ4v) is 3.26. The quantitative estimate of drug-likeness (QED) is 0.856. The van der Waals surface area contributed by atoms with Crippen molar-refractivity contribution in [1.29, 1.82) is 0 Å². The summed E-state index contributed by atoms with van der Waals surface area (Å²) in [5, 5.41) is 0. The predicted molar refractivity (Wildman–Crippen MR) is 83.4 cm³/mol. The molecule has 0 bridgehead atoms. The van der Waals surface area contributed by atoms with Gasteiger partial charge in [0, 0.05) is 0 Å². The third-order valence-electron chi connectivity index (χ3n) is 5.25. The average Bonchev–Trinajstić information content (AvgIpc) is 2.37. The van der Waals surface area contributed by atoms with Gasteiger partial charge in [-0.05, 0) is 80.0 Å². The van der Waals surface area contributed by atoms with Crippen molar-refractivity contribution in [3.05, 3.63) is 34.9 Å². The Hall–Kier alpha value is -0.820. The van der Waals surface area contributed by atoms with Crippen molar-refractivity contribution in [2.24, 2.45) is 16.6 Å². The average molecular weight is 259 g/mol. The molecule has 1 fully saturated rings. The van der Waals surface area contributed by atoms with E-state index < -0.39 is 0 Å². The lowest BCUT2D eigenvalue weighted by molar-refractivity contribution is 0.108. The van der Waals surface area contributed by atoms with Crippen molar-refractivity contribution in [3.8, 4) is 0 Å². The maximum atomic E-state index is 6.14. The van der Waals surface area contributed by atoms with E-state index in [4.69, 9.17) is 5.73 Å². The molecule has 0 atom stereocenters. The van der Waals surface area contributed by atoms with Gasteiger partial charge in [-0.3, -0.25) is 0 Å². The first-order valence-electron chi connectivity index (χ1n) is 7.62. The van der Waals surface area contributed by atoms with Crippen LogP contribution in [0, 0.1) is 24.7 Å². The van der Waals surface area contributed by atoms with Gasteiger partial charge in [-0.2, -0.15) is 0 Å². The topological polar surface area (TPSA) is 26.0 Å². The minimum absolute atomic E-state index is 0.344. The van der Waals surface area contributed by atoms with Gasteiger partial charge in [-0.25, -0.2) is 0 Å². The highest BCUT2D eigenvalue weighted by atomic mass is 14.6. The minimum atomic E-state index is 0.344. The maximum Gasteiger partial charge on any atom is -0.00173 e. The van der Waals surface area contributed by atoms with Gasteiger partial charge in [0.15, 0.2) is 0 Å². The molecule has 0 radical (unpaired) electrons. The normalized spacial score (nSPS) is 21.3. The van der Waals surface area contributed by atoms with Crippen LogP contribution in [0.1, 0.15) is 56.2 Å². The summed E-state index contributed by atoms with van der Waals surface area (Å²) in [5.74, 6) is 0. The van der Waals surface area contributed by atoms with Crippen LogP contribution in [0.4, 0.5) is 0 Å². The summed E-state index contributed by atoms with van der Waals surface area (Å²) in [6.07, 6.45) is 6.34. The standard InChI is InChI=1S/C18H29N/c1-14-5-6-16(11-15(14)2)12-18(13-19)9-7-17(3,4)8-10-18/h5-6,11H,7-10,12-13,19H2,1-4H3. The Morgan fingerprint density at radius 1 is 1.00 bits per heavy atom. The van der Waals surface area contributed by atoms with Crippen molar-refractivity contribution in [1.82, 2.24) is 0 Å². The first-order chi connectivity index (χ1) is 8.86. The summed E-state index contributed by atoms with van der Waals surface area (Å²) in [5.41, 5.74) is 11.3. The first-order valence-corrected chi connectivity index (χ1v) is 7.62. The Morgan fingerprint density at radius 3 is 2.16 bits per heavy atom. The molecule has 0 amide bonds. The van der Waals surface area contributed by atoms with Gasteiger partial charge in [0.1, 0.15) is 0 Å². The van der Waals surface area contributed by atoms with Gasteiger partial charge in [-0.1, -0.05) is 32.0 Å². The number of hydrogen-bond donors (Lipinski definition) is 1. The van der Waals surface area contributed by atoms with Crippen molar-refractivity contribution in [2.45, 2.75) is 59.8 Å². The maximum absolute atomic E-state index is 6.14. The van der Waals surface area contributed by atoms with E-state index in [1.807, 2.05) is 0 Å². The molecule has 1 aliphatic carbocycles. The van der Waals surface area contributed by atoms with E-state index in [9.17, 15) is 0 Å². The summed E-state index contributed by atoms with van der Waals surface area (Å²) in [6, 6.07) is 6.90. The lowest BCUT2D eigenvalue weighted by atomic mass is 9.63. The Kier molecular flexibility index (Phi) is 4.06. The zero-order valence-corrected chi connectivity index (χ0v) is 13.1. The van der Waals surface area contributed by atoms with E-state index in [1.54, 1.807) is 0 Å². The summed E-state index contributed by atoms with van der Waals surface area (Å²) in [4.78, 5) is 0. The van der Waals surface area contributed by atoms with Crippen LogP contribution in [0.5, 0.6) is 0 Å². The molecule has 1 aliphatic rings. The van der Waals surface area contributed by atoms with Crippen LogP contribution >= 0.6 is 0 Å². The summed E-state index contributed by atoms with van der Waals surface area (Å²) in [7, 11) is 0. The van der Waals surface area contributed by atoms with Gasteiger partial charge in [0.05, 0.1) is 0 Å². The first kappa shape index (κ1) is 14.6. The molecule has 1 aromatic carbocycles. The molecule has 1 saturated carbocycles. The molecular formula is C18H29N. The molecule has 1 aromatic rings. The zero-order valence-electron chi connectivity index (χ0n) is 13.1. The zero-order chi connectivity index (χ0) is 14.1. The molecule has 1 heteroatoms. The lowest BCUT2D eigenvalue weighted by Gasteiger charge is -2.43. The highest BCUT2D eigenvalue weighted by Gasteiger charge is 2.37. The van der Waals surface area contributed by atoms with Gasteiger partial charge < -0.3 is 5.73 Å². The molecule has 19 heavy (non-hydrogen) atoms. The second-order valence-electron chi connectivity index (χ2n) is 7.46. The molecule has 0 heterocycles. The number of rotatable bonds is 3. The molecule has 0 spiro atoms. The monoisotopic (exact) mass is 259 g/mol. The summed E-state index contributed by atoms with van der Waals surface area (Å²) >= 11 is 0. The van der Waals surface area contributed by atoms with Crippen LogP contribution in [0.2, 0.25) is 0 Å². The van der Waals surface area contributed by atoms with E-state index in [2.05, 4.69) is 45.9 Å². The van der Waals surface area contributed by atoms with Crippen LogP contribution in [0.3, 0.4) is 0 Å². The number of hydrogen-bond acceptors (Lipinski definition) is 1. The summed E-state index contributed by atoms with van der Waals surface area (Å²) in [6.45, 7) is 10.0. The number of aryl methyl sites for hydroxylation is 2. The van der Waals surface area contributed by atoms with E-state index in [0.29, 0.717) is 10.8 Å². The molecule has 0 aromatic heterocycles. The second-order valence-corrected chi connectivity index (χ2v) is 7.46. The van der Waals surface area contributed by atoms with E-state index in [1.165, 1.54) is 42.4 Å². The van der Waals surface area contributed by atoms with Gasteiger partial charge >= 0.3 is 0 Å². The Balaban J connectivity index is 2.13. The highest BCUT2D eigenvalue weighted by Crippen LogP contribution is 2.46. The molecule has 0 aliphatic heterocycles. The fraction of sp³-hybridized carbons (Fsp3) is 0.667. The second kappa shape index (κ2) is 5.28. The predicted octanol–water partition coefficient (Wildman–Crippen LogP) is 4.39. The largest absolute Gasteiger partial charge is 0.330 e. The molecular weight excluding hydrogens is 230 g/mol. The Labute approximate surface area is 118 Å². The Bertz CT molecular complexity index is 435. The lowest BCUT2D eigenvalue weighted by Crippen LogP contribution is -2.38. The number of benzene rings is 1. The molecule has 0 saturated heterocycles. The fourth-order valence-electron chi connectivity index (χ4n) is 3.26. The van der Waals surface area contributed by atoms with E-state index >= 15 is 0 Å². The SMILES string of the molecule is Cc1ccc(CC2(CN)CCC(C)(C)CC2)cc1C. The van der Waals surface area contributed by atoms with Crippen LogP contribution in [-0.2, 0) is 6.42 Å². The summed E-state index contributed by atoms with van der Waals surface area (Å²) < 4.78 is 0. The van der Waals surface area contributed by atoms with Gasteiger partial charge in [-0.15, -0.1) is 0 Å². The van der Waals surface area contributed by atoms with Crippen molar-refractivity contribution in [2.75, 3.05) is 6.54 Å². The van der Waals surface area contributed by atoms with Crippen LogP contribution in [0.15, 0.2) is 18.2 Å². The van der Waals surface area contributed by atoms with Crippen LogP contribution in [0.25, 0.3) is 0 Å². The smallest absolute Gasteiger partial charge is 0.00173 e. The molecule has 2 rings (SSSR count). The van der Waals surface area contributed by atoms with Crippen molar-refractivity contribution in [3.63, 3.8) is 0 Å².